The molecule has 2 aromatic rings. The lowest BCUT2D eigenvalue weighted by Crippen LogP contribution is -2.14. The second-order valence-electron chi connectivity index (χ2n) is 6.81. The van der Waals surface area contributed by atoms with Gasteiger partial charge in [0.2, 0.25) is 5.90 Å². The molecule has 0 fully saturated rings. The summed E-state index contributed by atoms with van der Waals surface area (Å²) in [6.45, 7) is 4.78. The molecule has 2 aromatic carbocycles. The van der Waals surface area contributed by atoms with E-state index in [2.05, 4.69) is 5.16 Å². The van der Waals surface area contributed by atoms with Crippen LogP contribution in [0.1, 0.15) is 32.3 Å². The van der Waals surface area contributed by atoms with Crippen LogP contribution in [0.15, 0.2) is 58.2 Å². The van der Waals surface area contributed by atoms with Gasteiger partial charge in [0.05, 0.1) is 22.8 Å². The average molecular weight is 521 g/mol. The molecule has 0 saturated carbocycles. The van der Waals surface area contributed by atoms with Crippen molar-refractivity contribution in [2.24, 2.45) is 5.16 Å². The molecule has 0 spiro atoms. The van der Waals surface area contributed by atoms with Crippen LogP contribution in [0.4, 0.5) is 0 Å². The summed E-state index contributed by atoms with van der Waals surface area (Å²) in [6.07, 6.45) is 2.89. The van der Waals surface area contributed by atoms with Crippen LogP contribution in [0.25, 0.3) is 0 Å². The molecule has 0 N–H and O–H groups in total. The summed E-state index contributed by atoms with van der Waals surface area (Å²) in [4.78, 5) is 5.29. The van der Waals surface area contributed by atoms with Crippen molar-refractivity contribution < 1.29 is 19.0 Å². The van der Waals surface area contributed by atoms with E-state index >= 15 is 0 Å². The van der Waals surface area contributed by atoms with Crippen LogP contribution in [0.2, 0.25) is 10.0 Å². The summed E-state index contributed by atoms with van der Waals surface area (Å²) >= 11 is 23.7. The Morgan fingerprint density at radius 2 is 1.78 bits per heavy atom. The number of nitrogens with zero attached hydrogens (tertiary/aromatic N) is 1. The van der Waals surface area contributed by atoms with Crippen molar-refractivity contribution in [3.63, 3.8) is 0 Å². The Kier molecular flexibility index (Phi) is 11.9. The molecule has 0 radical (unpaired) electrons. The molecule has 9 heteroatoms. The van der Waals surface area contributed by atoms with Crippen molar-refractivity contribution >= 4 is 52.3 Å². The number of benzene rings is 2. The van der Waals surface area contributed by atoms with Gasteiger partial charge >= 0.3 is 0 Å². The molecule has 5 nitrogen and oxygen atoms in total. The second kappa shape index (κ2) is 14.4. The molecule has 0 heterocycles. The summed E-state index contributed by atoms with van der Waals surface area (Å²) in [7, 11) is 0. The van der Waals surface area contributed by atoms with Crippen LogP contribution in [0.5, 0.6) is 11.5 Å². The molecule has 0 aromatic heterocycles. The topological polar surface area (TPSA) is 49.3 Å². The maximum Gasteiger partial charge on any atom is 0.222 e. The van der Waals surface area contributed by atoms with Gasteiger partial charge in [-0.15, -0.1) is 0 Å². The Hall–Kier alpha value is -1.79. The molecule has 0 amide bonds. The minimum absolute atomic E-state index is 0.120. The van der Waals surface area contributed by atoms with E-state index in [-0.39, 0.29) is 17.2 Å². The molecule has 0 bridgehead atoms. The summed E-state index contributed by atoms with van der Waals surface area (Å²) in [5, 5.41) is 4.68. The van der Waals surface area contributed by atoms with E-state index in [0.717, 1.165) is 18.4 Å². The Morgan fingerprint density at radius 1 is 1.09 bits per heavy atom. The van der Waals surface area contributed by atoms with E-state index in [0.29, 0.717) is 40.7 Å². The Balaban J connectivity index is 1.71. The molecule has 1 unspecified atom stereocenters. The zero-order chi connectivity index (χ0) is 23.3. The first kappa shape index (κ1) is 26.5. The van der Waals surface area contributed by atoms with Gasteiger partial charge in [-0.2, -0.15) is 0 Å². The van der Waals surface area contributed by atoms with Crippen molar-refractivity contribution in [2.75, 3.05) is 13.2 Å². The number of oxime groups is 1. The highest BCUT2D eigenvalue weighted by Crippen LogP contribution is 2.37. The standard InChI is InChI=1S/C23H25Cl4NO4/c1-16(7-6-11-29-17(2)28-31-15-18-8-4-3-5-9-18)32-23-20(24)13-19(14-21(23)25)30-12-10-22(26)27/h3-5,8-10,13-14,16H,6-7,11-12,15H2,1-2H3. The van der Waals surface area contributed by atoms with Gasteiger partial charge in [0.1, 0.15) is 23.5 Å². The van der Waals surface area contributed by atoms with Crippen LogP contribution < -0.4 is 9.47 Å². The summed E-state index contributed by atoms with van der Waals surface area (Å²) < 4.78 is 17.1. The summed E-state index contributed by atoms with van der Waals surface area (Å²) in [5.74, 6) is 1.37. The lowest BCUT2D eigenvalue weighted by Gasteiger charge is -2.18. The number of ether oxygens (including phenoxy) is 3. The first-order valence-corrected chi connectivity index (χ1v) is 11.5. The lowest BCUT2D eigenvalue weighted by atomic mass is 10.2. The maximum absolute atomic E-state index is 6.30. The largest absolute Gasteiger partial charge is 0.489 e. The molecule has 32 heavy (non-hydrogen) atoms. The number of halogens is 4. The molecule has 174 valence electrons. The Labute approximate surface area is 208 Å². The van der Waals surface area contributed by atoms with Crippen LogP contribution >= 0.6 is 46.4 Å². The normalized spacial score (nSPS) is 12.1. The quantitative estimate of drug-likeness (QED) is 0.124. The highest BCUT2D eigenvalue weighted by molar-refractivity contribution is 6.55. The van der Waals surface area contributed by atoms with Gasteiger partial charge in [-0.25, -0.2) is 0 Å². The van der Waals surface area contributed by atoms with Crippen molar-refractivity contribution in [1.82, 2.24) is 0 Å². The first-order chi connectivity index (χ1) is 15.3. The average Bonchev–Trinajstić information content (AvgIpc) is 2.74. The van der Waals surface area contributed by atoms with E-state index in [1.165, 1.54) is 6.08 Å². The third-order valence-corrected chi connectivity index (χ3v) is 4.98. The molecule has 0 saturated heterocycles. The third kappa shape index (κ3) is 10.2. The predicted octanol–water partition coefficient (Wildman–Crippen LogP) is 7.81. The molecule has 0 aliphatic carbocycles. The fraction of sp³-hybridized carbons (Fsp3) is 0.348. The molecule has 1 atom stereocenters. The summed E-state index contributed by atoms with van der Waals surface area (Å²) in [5.41, 5.74) is 1.04. The number of rotatable bonds is 12. The van der Waals surface area contributed by atoms with Crippen molar-refractivity contribution in [3.05, 3.63) is 68.6 Å². The second-order valence-corrected chi connectivity index (χ2v) is 8.63. The molecule has 0 aliphatic rings. The molecular formula is C23H25Cl4NO4. The minimum atomic E-state index is -0.120. The first-order valence-electron chi connectivity index (χ1n) is 9.98. The van der Waals surface area contributed by atoms with Gasteiger partial charge in [-0.1, -0.05) is 81.9 Å². The van der Waals surface area contributed by atoms with E-state index < -0.39 is 0 Å². The van der Waals surface area contributed by atoms with Crippen molar-refractivity contribution in [1.29, 1.82) is 0 Å². The fourth-order valence-corrected chi connectivity index (χ4v) is 3.26. The van der Waals surface area contributed by atoms with Gasteiger partial charge in [0, 0.05) is 19.1 Å². The van der Waals surface area contributed by atoms with Crippen LogP contribution in [-0.4, -0.2) is 25.2 Å². The highest BCUT2D eigenvalue weighted by Gasteiger charge is 2.14. The Morgan fingerprint density at radius 3 is 2.44 bits per heavy atom. The summed E-state index contributed by atoms with van der Waals surface area (Å²) in [6, 6.07) is 13.1. The van der Waals surface area contributed by atoms with Gasteiger partial charge in [0.15, 0.2) is 5.75 Å². The zero-order valence-corrected chi connectivity index (χ0v) is 20.8. The fourth-order valence-electron chi connectivity index (χ4n) is 2.58. The van der Waals surface area contributed by atoms with Crippen molar-refractivity contribution in [3.8, 4) is 11.5 Å². The van der Waals surface area contributed by atoms with Gasteiger partial charge < -0.3 is 19.0 Å². The number of hydrogen-bond donors (Lipinski definition) is 0. The monoisotopic (exact) mass is 519 g/mol. The molecule has 0 aliphatic heterocycles. The maximum atomic E-state index is 6.30. The third-order valence-electron chi connectivity index (χ3n) is 4.11. The van der Waals surface area contributed by atoms with Crippen LogP contribution in [0.3, 0.4) is 0 Å². The molecular weight excluding hydrogens is 496 g/mol. The lowest BCUT2D eigenvalue weighted by molar-refractivity contribution is 0.117. The SMILES string of the molecule is CC(=NOCc1ccccc1)OCCCC(C)Oc1c(Cl)cc(OCC=C(Cl)Cl)cc1Cl. The smallest absolute Gasteiger partial charge is 0.222 e. The highest BCUT2D eigenvalue weighted by atomic mass is 35.5. The van der Waals surface area contributed by atoms with E-state index in [9.17, 15) is 0 Å². The van der Waals surface area contributed by atoms with E-state index in [4.69, 9.17) is 65.5 Å². The number of hydrogen-bond acceptors (Lipinski definition) is 5. The van der Waals surface area contributed by atoms with Gasteiger partial charge in [0.25, 0.3) is 0 Å². The van der Waals surface area contributed by atoms with E-state index in [1.54, 1.807) is 19.1 Å². The molecule has 2 rings (SSSR count). The predicted molar refractivity (Wildman–Crippen MR) is 131 cm³/mol. The van der Waals surface area contributed by atoms with Crippen LogP contribution in [0, 0.1) is 0 Å². The van der Waals surface area contributed by atoms with Gasteiger partial charge in [-0.05, 0) is 31.4 Å². The Bertz CT molecular complexity index is 879. The van der Waals surface area contributed by atoms with E-state index in [1.807, 2.05) is 37.3 Å². The van der Waals surface area contributed by atoms with Crippen molar-refractivity contribution in [2.45, 2.75) is 39.4 Å². The minimum Gasteiger partial charge on any atom is -0.489 e. The van der Waals surface area contributed by atoms with Crippen LogP contribution in [-0.2, 0) is 16.2 Å². The van der Waals surface area contributed by atoms with Gasteiger partial charge in [-0.3, -0.25) is 0 Å². The zero-order valence-electron chi connectivity index (χ0n) is 17.8.